The van der Waals surface area contributed by atoms with Crippen molar-refractivity contribution in [3.05, 3.63) is 71.3 Å². The summed E-state index contributed by atoms with van der Waals surface area (Å²) in [5, 5.41) is 8.77. The van der Waals surface area contributed by atoms with Gasteiger partial charge in [-0.25, -0.2) is 0 Å². The fourth-order valence-corrected chi connectivity index (χ4v) is 2.36. The number of carbonyl (C=O) groups excluding carboxylic acids is 1. The molecule has 23 heavy (non-hydrogen) atoms. The van der Waals surface area contributed by atoms with E-state index >= 15 is 0 Å². The second-order valence-electron chi connectivity index (χ2n) is 5.15. The van der Waals surface area contributed by atoms with Crippen molar-refractivity contribution in [3.63, 3.8) is 0 Å². The largest absolute Gasteiger partial charge is 0.372 e. The van der Waals surface area contributed by atoms with Gasteiger partial charge in [-0.15, -0.1) is 0 Å². The van der Waals surface area contributed by atoms with Crippen LogP contribution in [-0.2, 0) is 0 Å². The summed E-state index contributed by atoms with van der Waals surface area (Å²) in [5.74, 6) is -0.0274. The van der Waals surface area contributed by atoms with Crippen LogP contribution in [0.3, 0.4) is 0 Å². The fourth-order valence-electron chi connectivity index (χ4n) is 2.36. The van der Waals surface area contributed by atoms with E-state index in [0.29, 0.717) is 11.1 Å². The Kier molecular flexibility index (Phi) is 5.71. The molecule has 0 fully saturated rings. The Morgan fingerprint density at radius 3 is 2.17 bits per heavy atom. The summed E-state index contributed by atoms with van der Waals surface area (Å²) in [6.45, 7) is 6.12. The maximum Gasteiger partial charge on any atom is 0.185 e. The number of nitriles is 1. The van der Waals surface area contributed by atoms with Gasteiger partial charge in [0.15, 0.2) is 5.78 Å². The number of carbonyl (C=O) groups is 1. The number of allylic oxidation sites excluding steroid dienone is 1. The van der Waals surface area contributed by atoms with Crippen LogP contribution in [0.25, 0.3) is 6.08 Å². The van der Waals surface area contributed by atoms with Crippen molar-refractivity contribution in [3.8, 4) is 6.07 Å². The molecule has 2 aromatic rings. The summed E-state index contributed by atoms with van der Waals surface area (Å²) in [6.07, 6.45) is 3.33. The molecule has 0 radical (unpaired) electrons. The molecule has 116 valence electrons. The van der Waals surface area contributed by atoms with Crippen molar-refractivity contribution in [2.24, 2.45) is 0 Å². The lowest BCUT2D eigenvalue weighted by Gasteiger charge is -2.20. The first-order valence-electron chi connectivity index (χ1n) is 7.75. The van der Waals surface area contributed by atoms with Gasteiger partial charge in [0.25, 0.3) is 0 Å². The first-order chi connectivity index (χ1) is 11.2. The smallest absolute Gasteiger partial charge is 0.185 e. The molecular formula is C20H20N2O. The van der Waals surface area contributed by atoms with Crippen molar-refractivity contribution in [2.45, 2.75) is 13.8 Å². The van der Waals surface area contributed by atoms with Gasteiger partial charge in [0.1, 0.15) is 0 Å². The van der Waals surface area contributed by atoms with Crippen LogP contribution in [0, 0.1) is 11.3 Å². The van der Waals surface area contributed by atoms with E-state index in [0.717, 1.165) is 24.3 Å². The SMILES string of the molecule is CCN(CC)c1ccc(C(=O)C=Cc2ccc(C#N)cc2)cc1. The Labute approximate surface area is 137 Å². The zero-order valence-electron chi connectivity index (χ0n) is 13.5. The number of ketones is 1. The number of hydrogen-bond acceptors (Lipinski definition) is 3. The maximum atomic E-state index is 12.2. The lowest BCUT2D eigenvalue weighted by Crippen LogP contribution is -2.21. The summed E-state index contributed by atoms with van der Waals surface area (Å²) in [6, 6.07) is 16.9. The van der Waals surface area contributed by atoms with Crippen LogP contribution in [0.5, 0.6) is 0 Å². The zero-order chi connectivity index (χ0) is 16.7. The summed E-state index contributed by atoms with van der Waals surface area (Å²) in [5.41, 5.74) is 3.31. The van der Waals surface area contributed by atoms with Crippen LogP contribution in [-0.4, -0.2) is 18.9 Å². The van der Waals surface area contributed by atoms with Gasteiger partial charge in [0.2, 0.25) is 0 Å². The molecule has 0 saturated heterocycles. The molecular weight excluding hydrogens is 284 g/mol. The summed E-state index contributed by atoms with van der Waals surface area (Å²) in [4.78, 5) is 14.4. The third kappa shape index (κ3) is 4.31. The molecule has 0 amide bonds. The highest BCUT2D eigenvalue weighted by Crippen LogP contribution is 2.16. The molecule has 0 saturated carbocycles. The van der Waals surface area contributed by atoms with Crippen molar-refractivity contribution < 1.29 is 4.79 Å². The minimum absolute atomic E-state index is 0.0274. The molecule has 0 N–H and O–H groups in total. The summed E-state index contributed by atoms with van der Waals surface area (Å²) < 4.78 is 0. The first-order valence-corrected chi connectivity index (χ1v) is 7.75. The van der Waals surface area contributed by atoms with Gasteiger partial charge in [0, 0.05) is 24.3 Å². The molecule has 2 rings (SSSR count). The Hall–Kier alpha value is -2.86. The topological polar surface area (TPSA) is 44.1 Å². The molecule has 0 unspecified atom stereocenters. The molecule has 2 aromatic carbocycles. The summed E-state index contributed by atoms with van der Waals surface area (Å²) in [7, 11) is 0. The van der Waals surface area contributed by atoms with Crippen LogP contribution in [0.2, 0.25) is 0 Å². The molecule has 0 bridgehead atoms. The van der Waals surface area contributed by atoms with Crippen LogP contribution in [0.15, 0.2) is 54.6 Å². The van der Waals surface area contributed by atoms with E-state index in [9.17, 15) is 4.79 Å². The van der Waals surface area contributed by atoms with E-state index in [1.807, 2.05) is 36.4 Å². The van der Waals surface area contributed by atoms with Gasteiger partial charge >= 0.3 is 0 Å². The normalized spacial score (nSPS) is 10.5. The van der Waals surface area contributed by atoms with Gasteiger partial charge in [-0.05, 0) is 61.9 Å². The van der Waals surface area contributed by atoms with Crippen molar-refractivity contribution in [2.75, 3.05) is 18.0 Å². The van der Waals surface area contributed by atoms with Crippen molar-refractivity contribution in [1.82, 2.24) is 0 Å². The van der Waals surface area contributed by atoms with Crippen LogP contribution < -0.4 is 4.90 Å². The molecule has 3 heteroatoms. The number of hydrogen-bond donors (Lipinski definition) is 0. The Balaban J connectivity index is 2.08. The highest BCUT2D eigenvalue weighted by Gasteiger charge is 2.05. The number of benzene rings is 2. The second-order valence-corrected chi connectivity index (χ2v) is 5.15. The third-order valence-electron chi connectivity index (χ3n) is 3.75. The van der Waals surface area contributed by atoms with E-state index in [1.165, 1.54) is 0 Å². The molecule has 0 aromatic heterocycles. The van der Waals surface area contributed by atoms with Gasteiger partial charge in [-0.1, -0.05) is 18.2 Å². The zero-order valence-corrected chi connectivity index (χ0v) is 13.5. The Bertz CT molecular complexity index is 718. The van der Waals surface area contributed by atoms with Gasteiger partial charge in [0.05, 0.1) is 11.6 Å². The quantitative estimate of drug-likeness (QED) is 0.590. The monoisotopic (exact) mass is 304 g/mol. The van der Waals surface area contributed by atoms with Crippen LogP contribution in [0.4, 0.5) is 5.69 Å². The average Bonchev–Trinajstić information content (AvgIpc) is 2.61. The highest BCUT2D eigenvalue weighted by atomic mass is 16.1. The van der Waals surface area contributed by atoms with Gasteiger partial charge in [-0.2, -0.15) is 5.26 Å². The molecule has 3 nitrogen and oxygen atoms in total. The minimum Gasteiger partial charge on any atom is -0.372 e. The third-order valence-corrected chi connectivity index (χ3v) is 3.75. The lowest BCUT2D eigenvalue weighted by atomic mass is 10.1. The average molecular weight is 304 g/mol. The van der Waals surface area contributed by atoms with Crippen LogP contribution >= 0.6 is 0 Å². The summed E-state index contributed by atoms with van der Waals surface area (Å²) >= 11 is 0. The van der Waals surface area contributed by atoms with Crippen molar-refractivity contribution in [1.29, 1.82) is 5.26 Å². The molecule has 0 spiro atoms. The number of nitrogens with zero attached hydrogens (tertiary/aromatic N) is 2. The van der Waals surface area contributed by atoms with Crippen LogP contribution in [0.1, 0.15) is 35.3 Å². The molecule has 0 atom stereocenters. The number of rotatable bonds is 6. The maximum absolute atomic E-state index is 12.2. The second kappa shape index (κ2) is 7.95. The van der Waals surface area contributed by atoms with E-state index in [4.69, 9.17) is 5.26 Å². The Morgan fingerprint density at radius 1 is 1.04 bits per heavy atom. The molecule has 0 heterocycles. The lowest BCUT2D eigenvalue weighted by molar-refractivity contribution is 0.104. The van der Waals surface area contributed by atoms with Gasteiger partial charge < -0.3 is 4.90 Å². The molecule has 0 aliphatic heterocycles. The van der Waals surface area contributed by atoms with Gasteiger partial charge in [-0.3, -0.25) is 4.79 Å². The fraction of sp³-hybridized carbons (Fsp3) is 0.200. The predicted octanol–water partition coefficient (Wildman–Crippen LogP) is 4.30. The number of anilines is 1. The van der Waals surface area contributed by atoms with Crippen molar-refractivity contribution >= 4 is 17.5 Å². The predicted molar refractivity (Wildman–Crippen MR) is 94.5 cm³/mol. The highest BCUT2D eigenvalue weighted by molar-refractivity contribution is 6.06. The standard InChI is InChI=1S/C20H20N2O/c1-3-22(4-2)19-12-10-18(11-13-19)20(23)14-9-16-5-7-17(15-21)8-6-16/h5-14H,3-4H2,1-2H3. The van der Waals surface area contributed by atoms with E-state index in [-0.39, 0.29) is 5.78 Å². The van der Waals surface area contributed by atoms with E-state index in [1.54, 1.807) is 24.3 Å². The van der Waals surface area contributed by atoms with E-state index in [2.05, 4.69) is 24.8 Å². The molecule has 0 aliphatic rings. The molecule has 0 aliphatic carbocycles. The Morgan fingerprint density at radius 2 is 1.65 bits per heavy atom. The first kappa shape index (κ1) is 16.5. The minimum atomic E-state index is -0.0274. The van der Waals surface area contributed by atoms with E-state index < -0.39 is 0 Å².